The molecule has 0 nitrogen and oxygen atoms in total. The summed E-state index contributed by atoms with van der Waals surface area (Å²) in [5.41, 5.74) is 1.69. The molecule has 1 radical (unpaired) electrons. The van der Waals surface area contributed by atoms with Crippen molar-refractivity contribution in [2.24, 2.45) is 17.8 Å². The van der Waals surface area contributed by atoms with E-state index in [9.17, 15) is 8.78 Å². The van der Waals surface area contributed by atoms with Crippen LogP contribution < -0.4 is 0 Å². The van der Waals surface area contributed by atoms with Crippen LogP contribution in [0.4, 0.5) is 8.78 Å². The van der Waals surface area contributed by atoms with Crippen molar-refractivity contribution in [3.8, 4) is 0 Å². The third kappa shape index (κ3) is 7.97. The molecule has 0 aromatic heterocycles. The molecular formula is C28H42ClF2Si. The largest absolute Gasteiger partial charge is 0.206 e. The fourth-order valence-corrected chi connectivity index (χ4v) is 9.25. The molecule has 0 amide bonds. The highest BCUT2D eigenvalue weighted by Gasteiger charge is 2.31. The van der Waals surface area contributed by atoms with E-state index in [1.807, 2.05) is 6.07 Å². The zero-order chi connectivity index (χ0) is 22.8. The Bertz CT molecular complexity index is 703. The molecule has 0 atom stereocenters. The van der Waals surface area contributed by atoms with E-state index in [1.165, 1.54) is 82.8 Å². The number of benzene rings is 1. The first-order chi connectivity index (χ1) is 15.6. The standard InChI is InChI=1S/C28H42ClF2Si/c1-2-3-6-17-32-18-15-25(16-19-32)24-12-9-22(10-13-24)7-4-5-8-23-11-14-26(27(30)20-23)28(31)21-29/h11,14,20-22,24-25H,2-10,12-13,15-19H2,1H3. The van der Waals surface area contributed by atoms with E-state index in [1.54, 1.807) is 18.1 Å². The zero-order valence-corrected chi connectivity index (χ0v) is 21.7. The van der Waals surface area contributed by atoms with Gasteiger partial charge in [0.05, 0.1) is 0 Å². The van der Waals surface area contributed by atoms with E-state index in [-0.39, 0.29) is 14.4 Å². The summed E-state index contributed by atoms with van der Waals surface area (Å²) in [6, 6.07) is 9.55. The Hall–Kier alpha value is -0.673. The van der Waals surface area contributed by atoms with Crippen LogP contribution in [-0.4, -0.2) is 8.80 Å². The molecule has 1 aromatic carbocycles. The maximum absolute atomic E-state index is 14.0. The molecule has 3 rings (SSSR count). The lowest BCUT2D eigenvalue weighted by atomic mass is 9.73. The van der Waals surface area contributed by atoms with Gasteiger partial charge in [-0.2, -0.15) is 0 Å². The van der Waals surface area contributed by atoms with Gasteiger partial charge in [-0.25, -0.2) is 8.78 Å². The molecule has 1 heterocycles. The van der Waals surface area contributed by atoms with Crippen molar-refractivity contribution < 1.29 is 8.78 Å². The average Bonchev–Trinajstić information content (AvgIpc) is 2.82. The minimum absolute atomic E-state index is 0.000145. The summed E-state index contributed by atoms with van der Waals surface area (Å²) in [6.07, 6.45) is 17.6. The van der Waals surface area contributed by atoms with Crippen molar-refractivity contribution >= 4 is 26.2 Å². The molecule has 1 saturated heterocycles. The zero-order valence-electron chi connectivity index (χ0n) is 20.0. The fourth-order valence-electron chi connectivity index (χ4n) is 6.07. The molecule has 32 heavy (non-hydrogen) atoms. The van der Waals surface area contributed by atoms with Crippen molar-refractivity contribution in [1.82, 2.24) is 0 Å². The highest BCUT2D eigenvalue weighted by molar-refractivity contribution is 6.58. The van der Waals surface area contributed by atoms with Crippen molar-refractivity contribution in [1.29, 1.82) is 0 Å². The Morgan fingerprint density at radius 3 is 2.38 bits per heavy atom. The minimum Gasteiger partial charge on any atom is -0.206 e. The highest BCUT2D eigenvalue weighted by Crippen LogP contribution is 2.42. The average molecular weight is 480 g/mol. The van der Waals surface area contributed by atoms with Gasteiger partial charge in [0.15, 0.2) is 0 Å². The molecule has 2 aliphatic rings. The molecule has 1 aliphatic carbocycles. The second-order valence-electron chi connectivity index (χ2n) is 10.3. The van der Waals surface area contributed by atoms with Gasteiger partial charge in [-0.1, -0.05) is 101 Å². The smallest absolute Gasteiger partial charge is 0.144 e. The number of aryl methyl sites for hydroxylation is 1. The van der Waals surface area contributed by atoms with E-state index in [4.69, 9.17) is 11.6 Å². The van der Waals surface area contributed by atoms with E-state index < -0.39 is 11.6 Å². The Balaban J connectivity index is 1.29. The molecule has 1 saturated carbocycles. The normalized spacial score (nSPS) is 23.6. The summed E-state index contributed by atoms with van der Waals surface area (Å²) in [4.78, 5) is 0. The molecule has 0 bridgehead atoms. The van der Waals surface area contributed by atoms with Gasteiger partial charge < -0.3 is 0 Å². The predicted octanol–water partition coefficient (Wildman–Crippen LogP) is 9.95. The third-order valence-electron chi connectivity index (χ3n) is 8.14. The van der Waals surface area contributed by atoms with E-state index in [0.29, 0.717) is 0 Å². The maximum atomic E-state index is 14.0. The number of unbranched alkanes of at least 4 members (excludes halogenated alkanes) is 3. The third-order valence-corrected chi connectivity index (χ3v) is 11.4. The van der Waals surface area contributed by atoms with Crippen molar-refractivity contribution in [2.75, 3.05) is 0 Å². The minimum atomic E-state index is -0.715. The first-order valence-electron chi connectivity index (χ1n) is 13.2. The van der Waals surface area contributed by atoms with Gasteiger partial charge in [0.25, 0.3) is 0 Å². The van der Waals surface area contributed by atoms with Gasteiger partial charge in [-0.05, 0) is 61.1 Å². The summed E-state index contributed by atoms with van der Waals surface area (Å²) in [5, 5.41) is 0. The maximum Gasteiger partial charge on any atom is 0.144 e. The van der Waals surface area contributed by atoms with Crippen LogP contribution in [0.15, 0.2) is 23.7 Å². The number of rotatable bonds is 11. The van der Waals surface area contributed by atoms with Crippen LogP contribution in [0.5, 0.6) is 0 Å². The lowest BCUT2D eigenvalue weighted by molar-refractivity contribution is 0.184. The van der Waals surface area contributed by atoms with Crippen molar-refractivity contribution in [2.45, 2.75) is 109 Å². The second-order valence-corrected chi connectivity index (χ2v) is 13.6. The van der Waals surface area contributed by atoms with Gasteiger partial charge in [0, 0.05) is 19.9 Å². The molecule has 0 unspecified atom stereocenters. The van der Waals surface area contributed by atoms with Crippen LogP contribution in [0.25, 0.3) is 5.83 Å². The Kier molecular flexibility index (Phi) is 11.3. The summed E-state index contributed by atoms with van der Waals surface area (Å²) in [6.45, 7) is 2.31. The molecule has 1 aliphatic heterocycles. The van der Waals surface area contributed by atoms with Crippen LogP contribution in [-0.2, 0) is 6.42 Å². The van der Waals surface area contributed by atoms with Gasteiger partial charge >= 0.3 is 0 Å². The second kappa shape index (κ2) is 13.9. The fraction of sp³-hybridized carbons (Fsp3) is 0.714. The van der Waals surface area contributed by atoms with Crippen LogP contribution in [0.2, 0.25) is 18.1 Å². The highest BCUT2D eigenvalue weighted by atomic mass is 35.5. The molecule has 0 N–H and O–H groups in total. The van der Waals surface area contributed by atoms with Crippen molar-refractivity contribution in [3.63, 3.8) is 0 Å². The Labute approximate surface area is 201 Å². The van der Waals surface area contributed by atoms with Gasteiger partial charge in [0.2, 0.25) is 0 Å². The molecular weight excluding hydrogens is 438 g/mol. The number of hydrogen-bond acceptors (Lipinski definition) is 0. The Morgan fingerprint density at radius 2 is 1.72 bits per heavy atom. The van der Waals surface area contributed by atoms with Gasteiger partial charge in [0.1, 0.15) is 11.6 Å². The van der Waals surface area contributed by atoms with E-state index in [0.717, 1.165) is 41.7 Å². The topological polar surface area (TPSA) is 0 Å². The SMILES string of the molecule is CCCCC[Si]1CCC(C2CCC(CCCCc3ccc(C(F)=CCl)c(F)c3)CC2)CC1. The summed E-state index contributed by atoms with van der Waals surface area (Å²) >= 11 is 5.35. The molecule has 4 heteroatoms. The van der Waals surface area contributed by atoms with Crippen LogP contribution in [0.3, 0.4) is 0 Å². The van der Waals surface area contributed by atoms with Crippen LogP contribution in [0, 0.1) is 23.6 Å². The van der Waals surface area contributed by atoms with Gasteiger partial charge in [-0.3, -0.25) is 0 Å². The van der Waals surface area contributed by atoms with Crippen LogP contribution >= 0.6 is 11.6 Å². The predicted molar refractivity (Wildman–Crippen MR) is 137 cm³/mol. The first kappa shape index (κ1) is 25.9. The van der Waals surface area contributed by atoms with Crippen LogP contribution in [0.1, 0.15) is 95.1 Å². The van der Waals surface area contributed by atoms with E-state index in [2.05, 4.69) is 6.92 Å². The quantitative estimate of drug-likeness (QED) is 0.218. The first-order valence-corrected chi connectivity index (χ1v) is 15.7. The van der Waals surface area contributed by atoms with Gasteiger partial charge in [-0.15, -0.1) is 0 Å². The summed E-state index contributed by atoms with van der Waals surface area (Å²) in [5.74, 6) is 1.70. The molecule has 1 aromatic rings. The Morgan fingerprint density at radius 1 is 1.00 bits per heavy atom. The monoisotopic (exact) mass is 479 g/mol. The summed E-state index contributed by atoms with van der Waals surface area (Å²) in [7, 11) is -0.000145. The molecule has 179 valence electrons. The summed E-state index contributed by atoms with van der Waals surface area (Å²) < 4.78 is 27.5. The number of halogens is 3. The van der Waals surface area contributed by atoms with Crippen molar-refractivity contribution in [3.05, 3.63) is 40.7 Å². The number of hydrogen-bond donors (Lipinski definition) is 0. The molecule has 0 spiro atoms. The lowest BCUT2D eigenvalue weighted by Gasteiger charge is -2.37. The van der Waals surface area contributed by atoms with E-state index >= 15 is 0 Å². The molecule has 2 fully saturated rings. The lowest BCUT2D eigenvalue weighted by Crippen LogP contribution is -2.28.